The minimum absolute atomic E-state index is 0.0699. The first-order chi connectivity index (χ1) is 7.24. The van der Waals surface area contributed by atoms with Gasteiger partial charge >= 0.3 is 0 Å². The molecule has 78 valence electrons. The Morgan fingerprint density at radius 2 is 2.20 bits per heavy atom. The molecule has 0 radical (unpaired) electrons. The number of rotatable bonds is 2. The number of hydrogen-bond donors (Lipinski definition) is 1. The highest BCUT2D eigenvalue weighted by molar-refractivity contribution is 6.32. The van der Waals surface area contributed by atoms with Crippen LogP contribution in [0.25, 0.3) is 10.9 Å². The number of pyridine rings is 1. The number of ether oxygens (including phenoxy) is 1. The van der Waals surface area contributed by atoms with E-state index in [1.54, 1.807) is 19.2 Å². The molecule has 0 bridgehead atoms. The van der Waals surface area contributed by atoms with Crippen molar-refractivity contribution in [2.75, 3.05) is 7.11 Å². The summed E-state index contributed by atoms with van der Waals surface area (Å²) in [6.07, 6.45) is 0. The molecule has 0 saturated heterocycles. The van der Waals surface area contributed by atoms with Gasteiger partial charge in [0.2, 0.25) is 0 Å². The van der Waals surface area contributed by atoms with Gasteiger partial charge in [0.25, 0.3) is 0 Å². The normalized spacial score (nSPS) is 10.6. The van der Waals surface area contributed by atoms with Crippen LogP contribution >= 0.6 is 11.6 Å². The van der Waals surface area contributed by atoms with Crippen LogP contribution in [0, 0.1) is 0 Å². The third-order valence-electron chi connectivity index (χ3n) is 2.18. The zero-order chi connectivity index (χ0) is 10.8. The van der Waals surface area contributed by atoms with Crippen LogP contribution in [-0.2, 0) is 6.61 Å². The second-order valence-electron chi connectivity index (χ2n) is 3.14. The van der Waals surface area contributed by atoms with Gasteiger partial charge in [-0.1, -0.05) is 17.7 Å². The van der Waals surface area contributed by atoms with Crippen molar-refractivity contribution in [1.82, 2.24) is 4.98 Å². The molecule has 1 aromatic heterocycles. The summed E-state index contributed by atoms with van der Waals surface area (Å²) in [4.78, 5) is 4.24. The highest BCUT2D eigenvalue weighted by Gasteiger charge is 2.04. The number of fused-ring (bicyclic) bond motifs is 1. The lowest BCUT2D eigenvalue weighted by Gasteiger charge is -2.05. The Balaban J connectivity index is 2.65. The maximum Gasteiger partial charge on any atom is 0.138 e. The topological polar surface area (TPSA) is 42.4 Å². The quantitative estimate of drug-likeness (QED) is 0.850. The summed E-state index contributed by atoms with van der Waals surface area (Å²) in [5.41, 5.74) is 1.39. The van der Waals surface area contributed by atoms with E-state index in [2.05, 4.69) is 4.98 Å². The molecule has 0 aliphatic heterocycles. The Hall–Kier alpha value is -1.32. The minimum atomic E-state index is -0.0699. The van der Waals surface area contributed by atoms with Gasteiger partial charge in [0, 0.05) is 5.39 Å². The second kappa shape index (κ2) is 4.04. The Kier molecular flexibility index (Phi) is 2.75. The molecule has 0 amide bonds. The number of methoxy groups -OCH3 is 1. The number of halogens is 1. The van der Waals surface area contributed by atoms with E-state index in [-0.39, 0.29) is 6.61 Å². The molecule has 1 heterocycles. The second-order valence-corrected chi connectivity index (χ2v) is 3.55. The zero-order valence-electron chi connectivity index (χ0n) is 8.20. The number of aromatic nitrogens is 1. The van der Waals surface area contributed by atoms with Crippen molar-refractivity contribution in [2.24, 2.45) is 0 Å². The van der Waals surface area contributed by atoms with E-state index in [0.717, 1.165) is 10.9 Å². The van der Waals surface area contributed by atoms with Gasteiger partial charge in [0.15, 0.2) is 0 Å². The standard InChI is InChI=1S/C11H10ClNO2/c1-15-11-4-7-2-3-8(6-14)13-10(7)5-9(11)12/h2-5,14H,6H2,1H3. The van der Waals surface area contributed by atoms with Crippen LogP contribution in [0.1, 0.15) is 5.69 Å². The average Bonchev–Trinajstić information content (AvgIpc) is 2.27. The van der Waals surface area contributed by atoms with Gasteiger partial charge in [-0.2, -0.15) is 0 Å². The summed E-state index contributed by atoms with van der Waals surface area (Å²) < 4.78 is 5.10. The van der Waals surface area contributed by atoms with Gasteiger partial charge in [-0.15, -0.1) is 0 Å². The van der Waals surface area contributed by atoms with Crippen LogP contribution in [0.15, 0.2) is 24.3 Å². The van der Waals surface area contributed by atoms with E-state index in [0.29, 0.717) is 16.5 Å². The van der Waals surface area contributed by atoms with Crippen LogP contribution in [-0.4, -0.2) is 17.2 Å². The van der Waals surface area contributed by atoms with Crippen molar-refractivity contribution in [3.63, 3.8) is 0 Å². The molecule has 1 N–H and O–H groups in total. The number of aliphatic hydroxyl groups excluding tert-OH is 1. The predicted molar refractivity (Wildman–Crippen MR) is 59.2 cm³/mol. The molecular weight excluding hydrogens is 214 g/mol. The molecular formula is C11H10ClNO2. The van der Waals surface area contributed by atoms with Gasteiger partial charge in [-0.3, -0.25) is 4.98 Å². The molecule has 0 unspecified atom stereocenters. The number of nitrogens with zero attached hydrogens (tertiary/aromatic N) is 1. The average molecular weight is 224 g/mol. The smallest absolute Gasteiger partial charge is 0.138 e. The van der Waals surface area contributed by atoms with E-state index in [1.165, 1.54) is 0 Å². The number of aliphatic hydroxyl groups is 1. The molecule has 0 saturated carbocycles. The molecule has 4 heteroatoms. The third-order valence-corrected chi connectivity index (χ3v) is 2.48. The largest absolute Gasteiger partial charge is 0.495 e. The summed E-state index contributed by atoms with van der Waals surface area (Å²) in [6.45, 7) is -0.0699. The Bertz CT molecular complexity index is 499. The summed E-state index contributed by atoms with van der Waals surface area (Å²) in [7, 11) is 1.57. The van der Waals surface area contributed by atoms with Gasteiger partial charge in [0.1, 0.15) is 5.75 Å². The fourth-order valence-corrected chi connectivity index (χ4v) is 1.65. The third kappa shape index (κ3) is 1.89. The van der Waals surface area contributed by atoms with Gasteiger partial charge in [0.05, 0.1) is 29.9 Å². The van der Waals surface area contributed by atoms with Crippen LogP contribution in [0.4, 0.5) is 0 Å². The zero-order valence-corrected chi connectivity index (χ0v) is 8.95. The lowest BCUT2D eigenvalue weighted by atomic mass is 10.2. The van der Waals surface area contributed by atoms with Crippen molar-refractivity contribution < 1.29 is 9.84 Å². The molecule has 15 heavy (non-hydrogen) atoms. The highest BCUT2D eigenvalue weighted by atomic mass is 35.5. The molecule has 2 aromatic rings. The maximum atomic E-state index is 8.95. The molecule has 1 aromatic carbocycles. The Morgan fingerprint density at radius 3 is 2.87 bits per heavy atom. The molecule has 0 spiro atoms. The summed E-state index contributed by atoms with van der Waals surface area (Å²) >= 11 is 5.97. The summed E-state index contributed by atoms with van der Waals surface area (Å²) in [5.74, 6) is 0.628. The van der Waals surface area contributed by atoms with Crippen LogP contribution in [0.5, 0.6) is 5.75 Å². The lowest BCUT2D eigenvalue weighted by molar-refractivity contribution is 0.277. The molecule has 0 aliphatic rings. The van der Waals surface area contributed by atoms with Crippen molar-refractivity contribution in [1.29, 1.82) is 0 Å². The maximum absolute atomic E-state index is 8.95. The highest BCUT2D eigenvalue weighted by Crippen LogP contribution is 2.28. The number of hydrogen-bond acceptors (Lipinski definition) is 3. The van der Waals surface area contributed by atoms with E-state index in [9.17, 15) is 0 Å². The predicted octanol–water partition coefficient (Wildman–Crippen LogP) is 2.39. The van der Waals surface area contributed by atoms with Gasteiger partial charge < -0.3 is 9.84 Å². The van der Waals surface area contributed by atoms with Crippen molar-refractivity contribution >= 4 is 22.5 Å². The van der Waals surface area contributed by atoms with Gasteiger partial charge in [-0.25, -0.2) is 0 Å². The van der Waals surface area contributed by atoms with Crippen LogP contribution < -0.4 is 4.74 Å². The first kappa shape index (κ1) is 10.2. The first-order valence-electron chi connectivity index (χ1n) is 4.48. The van der Waals surface area contributed by atoms with E-state index >= 15 is 0 Å². The van der Waals surface area contributed by atoms with Crippen LogP contribution in [0.3, 0.4) is 0 Å². The monoisotopic (exact) mass is 223 g/mol. The molecule has 0 aliphatic carbocycles. The van der Waals surface area contributed by atoms with Crippen LogP contribution in [0.2, 0.25) is 5.02 Å². The van der Waals surface area contributed by atoms with Crippen molar-refractivity contribution in [3.05, 3.63) is 35.0 Å². The Morgan fingerprint density at radius 1 is 1.40 bits per heavy atom. The van der Waals surface area contributed by atoms with E-state index in [1.807, 2.05) is 12.1 Å². The lowest BCUT2D eigenvalue weighted by Crippen LogP contribution is -1.91. The fourth-order valence-electron chi connectivity index (χ4n) is 1.41. The molecule has 2 rings (SSSR count). The van der Waals surface area contributed by atoms with Gasteiger partial charge in [-0.05, 0) is 18.2 Å². The van der Waals surface area contributed by atoms with Crippen molar-refractivity contribution in [2.45, 2.75) is 6.61 Å². The van der Waals surface area contributed by atoms with E-state index in [4.69, 9.17) is 21.4 Å². The SMILES string of the molecule is COc1cc2ccc(CO)nc2cc1Cl. The van der Waals surface area contributed by atoms with E-state index < -0.39 is 0 Å². The number of benzene rings is 1. The summed E-state index contributed by atoms with van der Waals surface area (Å²) in [6, 6.07) is 7.21. The molecule has 0 atom stereocenters. The fraction of sp³-hybridized carbons (Fsp3) is 0.182. The molecule has 0 fully saturated rings. The first-order valence-corrected chi connectivity index (χ1v) is 4.86. The van der Waals surface area contributed by atoms with Crippen molar-refractivity contribution in [3.8, 4) is 5.75 Å². The summed E-state index contributed by atoms with van der Waals surface area (Å²) in [5, 5.41) is 10.4. The minimum Gasteiger partial charge on any atom is -0.495 e. The molecule has 3 nitrogen and oxygen atoms in total. The Labute approximate surface area is 92.3 Å².